The summed E-state index contributed by atoms with van der Waals surface area (Å²) >= 11 is 0. The Balaban J connectivity index is 1.99. The van der Waals surface area contributed by atoms with Crippen LogP contribution >= 0.6 is 0 Å². The maximum atomic E-state index is 12.1. The zero-order valence-electron chi connectivity index (χ0n) is 9.75. The van der Waals surface area contributed by atoms with E-state index in [0.717, 1.165) is 19.6 Å². The molecule has 0 saturated carbocycles. The molecule has 4 nitrogen and oxygen atoms in total. The van der Waals surface area contributed by atoms with Crippen LogP contribution in [0, 0.1) is 5.92 Å². The molecular weight excluding hydrogens is 192 g/mol. The van der Waals surface area contributed by atoms with E-state index in [1.54, 1.807) is 7.11 Å². The van der Waals surface area contributed by atoms with Gasteiger partial charge in [0.15, 0.2) is 0 Å². The van der Waals surface area contributed by atoms with E-state index in [2.05, 4.69) is 5.32 Å². The standard InChI is InChI=1S/C11H20N2O2/c1-11(2,15-3)10(14)13-6-8-4-5-12-9(8)7-13/h8-9,12H,4-7H2,1-3H3/t8-,9+/m0/s1. The molecule has 0 aliphatic carbocycles. The second kappa shape index (κ2) is 3.76. The normalized spacial score (nSPS) is 30.7. The minimum atomic E-state index is -0.682. The number of likely N-dealkylation sites (tertiary alicyclic amines) is 1. The Morgan fingerprint density at radius 2 is 2.20 bits per heavy atom. The van der Waals surface area contributed by atoms with Crippen molar-refractivity contribution in [3.63, 3.8) is 0 Å². The number of nitrogens with one attached hydrogen (secondary N) is 1. The summed E-state index contributed by atoms with van der Waals surface area (Å²) < 4.78 is 5.22. The smallest absolute Gasteiger partial charge is 0.254 e. The van der Waals surface area contributed by atoms with Crippen LogP contribution in [0.15, 0.2) is 0 Å². The maximum absolute atomic E-state index is 12.1. The van der Waals surface area contributed by atoms with Gasteiger partial charge in [0, 0.05) is 26.2 Å². The molecule has 1 amide bonds. The van der Waals surface area contributed by atoms with Gasteiger partial charge in [-0.1, -0.05) is 0 Å². The fourth-order valence-electron chi connectivity index (χ4n) is 2.48. The van der Waals surface area contributed by atoms with Crippen LogP contribution in [0.3, 0.4) is 0 Å². The van der Waals surface area contributed by atoms with Crippen LogP contribution in [-0.4, -0.2) is 49.2 Å². The fraction of sp³-hybridized carbons (Fsp3) is 0.909. The molecule has 1 N–H and O–H groups in total. The summed E-state index contributed by atoms with van der Waals surface area (Å²) in [5, 5.41) is 3.44. The first-order valence-corrected chi connectivity index (χ1v) is 5.62. The summed E-state index contributed by atoms with van der Waals surface area (Å²) in [6.45, 7) is 6.50. The lowest BCUT2D eigenvalue weighted by atomic mass is 10.1. The van der Waals surface area contributed by atoms with E-state index in [9.17, 15) is 4.79 Å². The minimum Gasteiger partial charge on any atom is -0.369 e. The van der Waals surface area contributed by atoms with Crippen LogP contribution in [0.1, 0.15) is 20.3 Å². The third-order valence-electron chi connectivity index (χ3n) is 3.68. The second-order valence-corrected chi connectivity index (χ2v) is 5.03. The number of amides is 1. The number of carbonyl (C=O) groups is 1. The summed E-state index contributed by atoms with van der Waals surface area (Å²) in [6.07, 6.45) is 1.20. The van der Waals surface area contributed by atoms with Crippen molar-refractivity contribution in [1.29, 1.82) is 0 Å². The first-order chi connectivity index (χ1) is 7.04. The lowest BCUT2D eigenvalue weighted by Crippen LogP contribution is -2.46. The number of hydrogen-bond donors (Lipinski definition) is 1. The molecule has 0 aromatic carbocycles. The molecule has 0 aromatic rings. The predicted molar refractivity (Wildman–Crippen MR) is 57.6 cm³/mol. The van der Waals surface area contributed by atoms with E-state index in [1.807, 2.05) is 18.7 Å². The molecule has 2 fully saturated rings. The van der Waals surface area contributed by atoms with Crippen molar-refractivity contribution in [1.82, 2.24) is 10.2 Å². The van der Waals surface area contributed by atoms with Crippen LogP contribution in [0.2, 0.25) is 0 Å². The van der Waals surface area contributed by atoms with Crippen molar-refractivity contribution in [3.05, 3.63) is 0 Å². The lowest BCUT2D eigenvalue weighted by Gasteiger charge is -2.28. The molecule has 0 unspecified atom stereocenters. The molecule has 15 heavy (non-hydrogen) atoms. The van der Waals surface area contributed by atoms with Gasteiger partial charge in [0.1, 0.15) is 5.60 Å². The number of nitrogens with zero attached hydrogens (tertiary/aromatic N) is 1. The average Bonchev–Trinajstić information content (AvgIpc) is 2.75. The Kier molecular flexibility index (Phi) is 2.73. The van der Waals surface area contributed by atoms with Gasteiger partial charge in [0.05, 0.1) is 0 Å². The molecule has 86 valence electrons. The van der Waals surface area contributed by atoms with Crippen LogP contribution in [0.5, 0.6) is 0 Å². The van der Waals surface area contributed by atoms with Crippen molar-refractivity contribution in [2.75, 3.05) is 26.7 Å². The van der Waals surface area contributed by atoms with E-state index in [1.165, 1.54) is 6.42 Å². The Labute approximate surface area is 91.0 Å². The molecule has 0 radical (unpaired) electrons. The second-order valence-electron chi connectivity index (χ2n) is 5.03. The first-order valence-electron chi connectivity index (χ1n) is 5.62. The Morgan fingerprint density at radius 3 is 2.80 bits per heavy atom. The highest BCUT2D eigenvalue weighted by atomic mass is 16.5. The summed E-state index contributed by atoms with van der Waals surface area (Å²) in [6, 6.07) is 0.515. The zero-order chi connectivity index (χ0) is 11.1. The molecule has 2 heterocycles. The third-order valence-corrected chi connectivity index (χ3v) is 3.68. The van der Waals surface area contributed by atoms with Crippen molar-refractivity contribution < 1.29 is 9.53 Å². The zero-order valence-corrected chi connectivity index (χ0v) is 9.75. The van der Waals surface area contributed by atoms with Crippen LogP contribution in [0.25, 0.3) is 0 Å². The molecule has 0 bridgehead atoms. The maximum Gasteiger partial charge on any atom is 0.254 e. The van der Waals surface area contributed by atoms with E-state index >= 15 is 0 Å². The number of carbonyl (C=O) groups excluding carboxylic acids is 1. The van der Waals surface area contributed by atoms with E-state index in [-0.39, 0.29) is 5.91 Å². The summed E-state index contributed by atoms with van der Waals surface area (Å²) in [4.78, 5) is 14.0. The van der Waals surface area contributed by atoms with Gasteiger partial charge in [0.25, 0.3) is 5.91 Å². The van der Waals surface area contributed by atoms with E-state index < -0.39 is 5.60 Å². The minimum absolute atomic E-state index is 0.112. The number of ether oxygens (including phenoxy) is 1. The average molecular weight is 212 g/mol. The van der Waals surface area contributed by atoms with Crippen molar-refractivity contribution >= 4 is 5.91 Å². The quantitative estimate of drug-likeness (QED) is 0.712. The largest absolute Gasteiger partial charge is 0.369 e. The molecule has 0 aromatic heterocycles. The highest BCUT2D eigenvalue weighted by Gasteiger charge is 2.42. The van der Waals surface area contributed by atoms with E-state index in [4.69, 9.17) is 4.74 Å². The number of fused-ring (bicyclic) bond motifs is 1. The third kappa shape index (κ3) is 1.88. The first kappa shape index (κ1) is 10.9. The number of rotatable bonds is 2. The summed E-state index contributed by atoms with van der Waals surface area (Å²) in [5.74, 6) is 0.766. The summed E-state index contributed by atoms with van der Waals surface area (Å²) in [5.41, 5.74) is -0.682. The lowest BCUT2D eigenvalue weighted by molar-refractivity contribution is -0.150. The van der Waals surface area contributed by atoms with Gasteiger partial charge >= 0.3 is 0 Å². The molecule has 2 atom stereocenters. The van der Waals surface area contributed by atoms with E-state index in [0.29, 0.717) is 12.0 Å². The van der Waals surface area contributed by atoms with Crippen LogP contribution in [0.4, 0.5) is 0 Å². The Hall–Kier alpha value is -0.610. The molecular formula is C11H20N2O2. The van der Waals surface area contributed by atoms with Crippen molar-refractivity contribution in [3.8, 4) is 0 Å². The molecule has 2 aliphatic rings. The molecule has 2 rings (SSSR count). The summed E-state index contributed by atoms with van der Waals surface area (Å²) in [7, 11) is 1.59. The van der Waals surface area contributed by atoms with Gasteiger partial charge in [-0.15, -0.1) is 0 Å². The van der Waals surface area contributed by atoms with Crippen molar-refractivity contribution in [2.24, 2.45) is 5.92 Å². The Bertz CT molecular complexity index is 253. The monoisotopic (exact) mass is 212 g/mol. The van der Waals surface area contributed by atoms with Gasteiger partial charge in [-0.05, 0) is 32.7 Å². The Morgan fingerprint density at radius 1 is 1.47 bits per heavy atom. The van der Waals surface area contributed by atoms with Crippen molar-refractivity contribution in [2.45, 2.75) is 31.9 Å². The van der Waals surface area contributed by atoms with Gasteiger partial charge in [-0.3, -0.25) is 4.79 Å². The number of methoxy groups -OCH3 is 1. The molecule has 2 saturated heterocycles. The molecule has 2 aliphatic heterocycles. The molecule has 4 heteroatoms. The van der Waals surface area contributed by atoms with Gasteiger partial charge < -0.3 is 15.0 Å². The highest BCUT2D eigenvalue weighted by molar-refractivity contribution is 5.84. The van der Waals surface area contributed by atoms with Gasteiger partial charge in [-0.25, -0.2) is 0 Å². The van der Waals surface area contributed by atoms with Gasteiger partial charge in [-0.2, -0.15) is 0 Å². The van der Waals surface area contributed by atoms with Gasteiger partial charge in [0.2, 0.25) is 0 Å². The van der Waals surface area contributed by atoms with Crippen LogP contribution in [-0.2, 0) is 9.53 Å². The SMILES string of the molecule is COC(C)(C)C(=O)N1C[C@@H]2CCN[C@@H]2C1. The predicted octanol–water partition coefficient (Wildman–Crippen LogP) is 0.232. The fourth-order valence-corrected chi connectivity index (χ4v) is 2.48. The van der Waals surface area contributed by atoms with Crippen LogP contribution < -0.4 is 5.32 Å². The molecule has 0 spiro atoms. The highest BCUT2D eigenvalue weighted by Crippen LogP contribution is 2.26. The topological polar surface area (TPSA) is 41.6 Å². The number of hydrogen-bond acceptors (Lipinski definition) is 3.